The summed E-state index contributed by atoms with van der Waals surface area (Å²) in [5.74, 6) is 0.464. The molecule has 0 saturated carbocycles. The molecule has 0 atom stereocenters. The molecule has 0 aliphatic heterocycles. The summed E-state index contributed by atoms with van der Waals surface area (Å²) in [6.45, 7) is 3.24. The van der Waals surface area contributed by atoms with Crippen LogP contribution >= 0.6 is 0 Å². The molecule has 0 aliphatic carbocycles. The minimum atomic E-state index is -0.333. The highest BCUT2D eigenvalue weighted by Gasteiger charge is 2.15. The van der Waals surface area contributed by atoms with Gasteiger partial charge in [0.15, 0.2) is 5.82 Å². The van der Waals surface area contributed by atoms with Crippen LogP contribution in [0.25, 0.3) is 0 Å². The zero-order valence-electron chi connectivity index (χ0n) is 11.5. The van der Waals surface area contributed by atoms with Crippen molar-refractivity contribution in [3.8, 4) is 0 Å². The molecule has 1 aromatic carbocycles. The fourth-order valence-electron chi connectivity index (χ4n) is 1.95. The fourth-order valence-corrected chi connectivity index (χ4v) is 1.95. The van der Waals surface area contributed by atoms with Crippen molar-refractivity contribution in [1.29, 1.82) is 0 Å². The van der Waals surface area contributed by atoms with Crippen LogP contribution in [0.5, 0.6) is 0 Å². The predicted molar refractivity (Wildman–Crippen MR) is 81.1 cm³/mol. The molecule has 0 amide bonds. The number of anilines is 3. The predicted octanol–water partition coefficient (Wildman–Crippen LogP) is 1.15. The molecular formula is C14H19N5O. The maximum absolute atomic E-state index is 11.6. The van der Waals surface area contributed by atoms with Crippen molar-refractivity contribution in [2.75, 3.05) is 23.7 Å². The quantitative estimate of drug-likeness (QED) is 0.758. The van der Waals surface area contributed by atoms with E-state index < -0.39 is 0 Å². The first-order valence-corrected chi connectivity index (χ1v) is 6.51. The molecule has 0 unspecified atom stereocenters. The summed E-state index contributed by atoms with van der Waals surface area (Å²) in [6.07, 6.45) is 2.14. The van der Waals surface area contributed by atoms with Crippen molar-refractivity contribution >= 4 is 17.2 Å². The summed E-state index contributed by atoms with van der Waals surface area (Å²) >= 11 is 0. The first-order valence-electron chi connectivity index (χ1n) is 6.51. The van der Waals surface area contributed by atoms with Gasteiger partial charge in [0.05, 0.1) is 6.33 Å². The number of hydrogen-bond acceptors (Lipinski definition) is 5. The number of aromatic nitrogens is 2. The topological polar surface area (TPSA) is 101 Å². The van der Waals surface area contributed by atoms with Crippen LogP contribution in [0.15, 0.2) is 35.4 Å². The largest absolute Gasteiger partial charge is 0.391 e. The van der Waals surface area contributed by atoms with Crippen molar-refractivity contribution in [2.45, 2.75) is 13.3 Å². The summed E-state index contributed by atoms with van der Waals surface area (Å²) in [5.41, 5.74) is 13.3. The third-order valence-corrected chi connectivity index (χ3v) is 3.06. The van der Waals surface area contributed by atoms with Crippen LogP contribution in [0.2, 0.25) is 0 Å². The average Bonchev–Trinajstić information content (AvgIpc) is 2.45. The number of nitrogens with two attached hydrogens (primary N) is 2. The zero-order valence-corrected chi connectivity index (χ0v) is 11.5. The molecule has 0 spiro atoms. The Hall–Kier alpha value is -2.34. The minimum absolute atomic E-state index is 0.116. The SMILES string of the molecule is Cc1ccc(N(CCCN)c2nc[nH]c(=O)c2N)cc1. The number of nitrogens with one attached hydrogen (secondary N) is 1. The third-order valence-electron chi connectivity index (χ3n) is 3.06. The van der Waals surface area contributed by atoms with E-state index in [1.165, 1.54) is 11.9 Å². The second-order valence-electron chi connectivity index (χ2n) is 4.60. The van der Waals surface area contributed by atoms with Gasteiger partial charge in [0.1, 0.15) is 5.69 Å². The molecule has 2 rings (SSSR count). The second-order valence-corrected chi connectivity index (χ2v) is 4.60. The number of nitrogens with zero attached hydrogens (tertiary/aromatic N) is 2. The molecule has 0 saturated heterocycles. The van der Waals surface area contributed by atoms with Crippen molar-refractivity contribution < 1.29 is 0 Å². The highest BCUT2D eigenvalue weighted by Crippen LogP contribution is 2.26. The highest BCUT2D eigenvalue weighted by atomic mass is 16.1. The standard InChI is InChI=1S/C14H19N5O/c1-10-3-5-11(6-4-10)19(8-2-7-15)13-12(16)14(20)18-9-17-13/h3-6,9H,2,7-8,15-16H2,1H3,(H,17,18,20). The number of H-pyrrole nitrogens is 1. The monoisotopic (exact) mass is 273 g/mol. The Balaban J connectivity index is 2.44. The Bertz CT molecular complexity index is 620. The molecule has 20 heavy (non-hydrogen) atoms. The fraction of sp³-hybridized carbons (Fsp3) is 0.286. The first-order chi connectivity index (χ1) is 9.63. The molecule has 0 bridgehead atoms. The van der Waals surface area contributed by atoms with E-state index in [4.69, 9.17) is 11.5 Å². The lowest BCUT2D eigenvalue weighted by Gasteiger charge is -2.24. The van der Waals surface area contributed by atoms with E-state index in [0.29, 0.717) is 18.9 Å². The summed E-state index contributed by atoms with van der Waals surface area (Å²) in [5, 5.41) is 0. The van der Waals surface area contributed by atoms with Gasteiger partial charge in [-0.1, -0.05) is 17.7 Å². The van der Waals surface area contributed by atoms with E-state index in [-0.39, 0.29) is 11.2 Å². The molecule has 1 aromatic heterocycles. The number of rotatable bonds is 5. The zero-order chi connectivity index (χ0) is 14.5. The summed E-state index contributed by atoms with van der Waals surface area (Å²) in [7, 11) is 0. The van der Waals surface area contributed by atoms with Gasteiger partial charge >= 0.3 is 0 Å². The van der Waals surface area contributed by atoms with Crippen LogP contribution in [-0.4, -0.2) is 23.1 Å². The Labute approximate surface area is 117 Å². The van der Waals surface area contributed by atoms with Crippen molar-refractivity contribution in [2.24, 2.45) is 5.73 Å². The second kappa shape index (κ2) is 6.21. The van der Waals surface area contributed by atoms with Gasteiger partial charge in [0.2, 0.25) is 0 Å². The maximum atomic E-state index is 11.6. The van der Waals surface area contributed by atoms with Gasteiger partial charge in [0.25, 0.3) is 5.56 Å². The van der Waals surface area contributed by atoms with Crippen LogP contribution in [-0.2, 0) is 0 Å². The molecule has 0 aliphatic rings. The van der Waals surface area contributed by atoms with Crippen LogP contribution in [0.3, 0.4) is 0 Å². The Morgan fingerprint density at radius 2 is 2.00 bits per heavy atom. The van der Waals surface area contributed by atoms with E-state index in [0.717, 1.165) is 12.1 Å². The molecule has 0 fully saturated rings. The number of hydrogen-bond donors (Lipinski definition) is 3. The summed E-state index contributed by atoms with van der Waals surface area (Å²) < 4.78 is 0. The molecule has 5 N–H and O–H groups in total. The molecule has 106 valence electrons. The smallest absolute Gasteiger partial charge is 0.276 e. The molecule has 6 heteroatoms. The first kappa shape index (κ1) is 14.1. The van der Waals surface area contributed by atoms with Crippen molar-refractivity contribution in [3.05, 3.63) is 46.5 Å². The van der Waals surface area contributed by atoms with E-state index in [2.05, 4.69) is 9.97 Å². The highest BCUT2D eigenvalue weighted by molar-refractivity contribution is 5.70. The maximum Gasteiger partial charge on any atom is 0.276 e. The minimum Gasteiger partial charge on any atom is -0.391 e. The van der Waals surface area contributed by atoms with Gasteiger partial charge in [-0.3, -0.25) is 4.79 Å². The number of nitrogen functional groups attached to an aromatic ring is 1. The lowest BCUT2D eigenvalue weighted by molar-refractivity contribution is 0.808. The van der Waals surface area contributed by atoms with E-state index >= 15 is 0 Å². The van der Waals surface area contributed by atoms with Crippen LogP contribution in [0.1, 0.15) is 12.0 Å². The molecule has 6 nitrogen and oxygen atoms in total. The van der Waals surface area contributed by atoms with Crippen molar-refractivity contribution in [3.63, 3.8) is 0 Å². The van der Waals surface area contributed by atoms with Gasteiger partial charge in [-0.05, 0) is 32.0 Å². The van der Waals surface area contributed by atoms with Crippen molar-refractivity contribution in [1.82, 2.24) is 9.97 Å². The number of aromatic amines is 1. The normalized spacial score (nSPS) is 10.5. The van der Waals surface area contributed by atoms with Gasteiger partial charge in [-0.25, -0.2) is 4.98 Å². The lowest BCUT2D eigenvalue weighted by atomic mass is 10.2. The van der Waals surface area contributed by atoms with E-state index in [1.54, 1.807) is 0 Å². The molecule has 1 heterocycles. The number of aryl methyl sites for hydroxylation is 1. The van der Waals surface area contributed by atoms with Crippen LogP contribution < -0.4 is 21.9 Å². The average molecular weight is 273 g/mol. The van der Waals surface area contributed by atoms with Gasteiger partial charge in [-0.15, -0.1) is 0 Å². The Kier molecular flexibility index (Phi) is 4.37. The summed E-state index contributed by atoms with van der Waals surface area (Å²) in [4.78, 5) is 20.2. The van der Waals surface area contributed by atoms with Crippen LogP contribution in [0, 0.1) is 6.92 Å². The van der Waals surface area contributed by atoms with Gasteiger partial charge < -0.3 is 21.4 Å². The molecule has 2 aromatic rings. The Morgan fingerprint density at radius 3 is 2.65 bits per heavy atom. The van der Waals surface area contributed by atoms with Crippen LogP contribution in [0.4, 0.5) is 17.2 Å². The molecule has 0 radical (unpaired) electrons. The molecular weight excluding hydrogens is 254 g/mol. The van der Waals surface area contributed by atoms with E-state index in [1.807, 2.05) is 36.1 Å². The van der Waals surface area contributed by atoms with Gasteiger partial charge in [-0.2, -0.15) is 0 Å². The number of benzene rings is 1. The Morgan fingerprint density at radius 1 is 1.30 bits per heavy atom. The van der Waals surface area contributed by atoms with Gasteiger partial charge in [0, 0.05) is 12.2 Å². The third kappa shape index (κ3) is 2.97. The van der Waals surface area contributed by atoms with E-state index in [9.17, 15) is 4.79 Å². The lowest BCUT2D eigenvalue weighted by Crippen LogP contribution is -2.26. The summed E-state index contributed by atoms with van der Waals surface area (Å²) in [6, 6.07) is 7.98.